The number of carboxylic acids is 1. The van der Waals surface area contributed by atoms with Crippen LogP contribution in [0, 0.1) is 16.0 Å². The van der Waals surface area contributed by atoms with Gasteiger partial charge in [0.2, 0.25) is 0 Å². The van der Waals surface area contributed by atoms with Gasteiger partial charge >= 0.3 is 5.97 Å². The van der Waals surface area contributed by atoms with Crippen LogP contribution in [0.15, 0.2) is 18.2 Å². The summed E-state index contributed by atoms with van der Waals surface area (Å²) in [4.78, 5) is 34.4. The molecule has 8 heteroatoms. The molecule has 1 fully saturated rings. The minimum Gasteiger partial charge on any atom is -0.481 e. The zero-order chi connectivity index (χ0) is 14.9. The number of benzene rings is 1. The third-order valence-corrected chi connectivity index (χ3v) is 3.52. The van der Waals surface area contributed by atoms with E-state index in [0.717, 1.165) is 0 Å². The largest absolute Gasteiger partial charge is 0.481 e. The average molecular weight is 299 g/mol. The van der Waals surface area contributed by atoms with Crippen LogP contribution in [0.4, 0.5) is 5.69 Å². The molecule has 0 saturated carbocycles. The molecule has 1 N–H and O–H groups in total. The van der Waals surface area contributed by atoms with Gasteiger partial charge in [0.05, 0.1) is 10.8 Å². The average Bonchev–Trinajstić information content (AvgIpc) is 2.87. The van der Waals surface area contributed by atoms with Gasteiger partial charge in [0, 0.05) is 24.7 Å². The Morgan fingerprint density at radius 1 is 1.45 bits per heavy atom. The Bertz CT molecular complexity index is 589. The second-order valence-electron chi connectivity index (χ2n) is 4.50. The fourth-order valence-corrected chi connectivity index (χ4v) is 2.37. The molecule has 2 rings (SSSR count). The number of hydrogen-bond acceptors (Lipinski definition) is 4. The summed E-state index contributed by atoms with van der Waals surface area (Å²) >= 11 is 5.75. The first-order valence-electron chi connectivity index (χ1n) is 5.86. The summed E-state index contributed by atoms with van der Waals surface area (Å²) in [5, 5.41) is 19.4. The van der Waals surface area contributed by atoms with Gasteiger partial charge in [0.25, 0.3) is 11.6 Å². The van der Waals surface area contributed by atoms with Gasteiger partial charge in [-0.3, -0.25) is 19.7 Å². The van der Waals surface area contributed by atoms with Crippen LogP contribution in [0.3, 0.4) is 0 Å². The number of carbonyl (C=O) groups excluding carboxylic acids is 1. The molecule has 20 heavy (non-hydrogen) atoms. The Labute approximate surface area is 118 Å². The predicted octanol–water partition coefficient (Wildman–Crippen LogP) is 1.79. The van der Waals surface area contributed by atoms with Gasteiger partial charge in [-0.05, 0) is 18.6 Å². The molecule has 1 amide bonds. The maximum absolute atomic E-state index is 12.2. The molecule has 1 unspecified atom stereocenters. The SMILES string of the molecule is O=C(O)C1CCN(C(=O)c2ccc([N+](=O)[O-])c(Cl)c2)C1. The van der Waals surface area contributed by atoms with Crippen molar-refractivity contribution >= 4 is 29.2 Å². The predicted molar refractivity (Wildman–Crippen MR) is 69.8 cm³/mol. The molecule has 0 aliphatic carbocycles. The van der Waals surface area contributed by atoms with E-state index in [0.29, 0.717) is 13.0 Å². The lowest BCUT2D eigenvalue weighted by Crippen LogP contribution is -2.29. The zero-order valence-corrected chi connectivity index (χ0v) is 11.0. The number of nitrogens with zero attached hydrogens (tertiary/aromatic N) is 2. The van der Waals surface area contributed by atoms with Gasteiger partial charge in [-0.1, -0.05) is 11.6 Å². The van der Waals surface area contributed by atoms with Crippen LogP contribution in [0.1, 0.15) is 16.8 Å². The van der Waals surface area contributed by atoms with E-state index in [1.807, 2.05) is 0 Å². The zero-order valence-electron chi connectivity index (χ0n) is 10.3. The van der Waals surface area contributed by atoms with Crippen LogP contribution >= 0.6 is 11.6 Å². The Hall–Kier alpha value is -2.15. The molecular weight excluding hydrogens is 288 g/mol. The lowest BCUT2D eigenvalue weighted by atomic mass is 10.1. The third-order valence-electron chi connectivity index (χ3n) is 3.22. The second kappa shape index (κ2) is 5.46. The van der Waals surface area contributed by atoms with Gasteiger partial charge < -0.3 is 10.0 Å². The highest BCUT2D eigenvalue weighted by Gasteiger charge is 2.31. The number of carboxylic acid groups (broad SMARTS) is 1. The molecule has 1 aromatic rings. The number of likely N-dealkylation sites (tertiary alicyclic amines) is 1. The molecule has 1 aliphatic heterocycles. The molecule has 7 nitrogen and oxygen atoms in total. The van der Waals surface area contributed by atoms with Gasteiger partial charge in [-0.15, -0.1) is 0 Å². The van der Waals surface area contributed by atoms with E-state index in [1.165, 1.54) is 23.1 Å². The maximum Gasteiger partial charge on any atom is 0.308 e. The van der Waals surface area contributed by atoms with Crippen molar-refractivity contribution in [3.8, 4) is 0 Å². The summed E-state index contributed by atoms with van der Waals surface area (Å²) in [5.41, 5.74) is -0.0558. The van der Waals surface area contributed by atoms with E-state index in [9.17, 15) is 19.7 Å². The van der Waals surface area contributed by atoms with E-state index >= 15 is 0 Å². The molecule has 0 bridgehead atoms. The Balaban J connectivity index is 2.16. The van der Waals surface area contributed by atoms with Crippen molar-refractivity contribution in [2.75, 3.05) is 13.1 Å². The Kier molecular flexibility index (Phi) is 3.89. The molecule has 0 aromatic heterocycles. The monoisotopic (exact) mass is 298 g/mol. The van der Waals surface area contributed by atoms with Crippen molar-refractivity contribution in [2.24, 2.45) is 5.92 Å². The number of nitro benzene ring substituents is 1. The minimum absolute atomic E-state index is 0.116. The lowest BCUT2D eigenvalue weighted by Gasteiger charge is -2.15. The number of rotatable bonds is 3. The van der Waals surface area contributed by atoms with E-state index in [1.54, 1.807) is 0 Å². The number of halogens is 1. The molecule has 1 aliphatic rings. The summed E-state index contributed by atoms with van der Waals surface area (Å²) in [5.74, 6) is -1.86. The summed E-state index contributed by atoms with van der Waals surface area (Å²) in [7, 11) is 0. The highest BCUT2D eigenvalue weighted by atomic mass is 35.5. The Morgan fingerprint density at radius 2 is 2.15 bits per heavy atom. The van der Waals surface area contributed by atoms with Crippen LogP contribution in [0.5, 0.6) is 0 Å². The molecule has 1 atom stereocenters. The first-order chi connectivity index (χ1) is 9.40. The smallest absolute Gasteiger partial charge is 0.308 e. The fourth-order valence-electron chi connectivity index (χ4n) is 2.12. The molecular formula is C12H11ClN2O5. The van der Waals surface area contributed by atoms with E-state index < -0.39 is 16.8 Å². The maximum atomic E-state index is 12.2. The number of carbonyl (C=O) groups is 2. The van der Waals surface area contributed by atoms with Gasteiger partial charge in [0.1, 0.15) is 5.02 Å². The first-order valence-corrected chi connectivity index (χ1v) is 6.24. The quantitative estimate of drug-likeness (QED) is 0.677. The van der Waals surface area contributed by atoms with E-state index in [4.69, 9.17) is 16.7 Å². The van der Waals surface area contributed by atoms with Crippen LogP contribution < -0.4 is 0 Å². The molecule has 1 saturated heterocycles. The summed E-state index contributed by atoms with van der Waals surface area (Å²) < 4.78 is 0. The van der Waals surface area contributed by atoms with Crippen LogP contribution in [-0.2, 0) is 4.79 Å². The summed E-state index contributed by atoms with van der Waals surface area (Å²) in [6.45, 7) is 0.493. The topological polar surface area (TPSA) is 101 Å². The molecule has 0 radical (unpaired) electrons. The van der Waals surface area contributed by atoms with Crippen LogP contribution in [-0.4, -0.2) is 39.9 Å². The van der Waals surface area contributed by atoms with Gasteiger partial charge in [-0.25, -0.2) is 0 Å². The van der Waals surface area contributed by atoms with Crippen molar-refractivity contribution in [3.05, 3.63) is 38.9 Å². The number of amides is 1. The lowest BCUT2D eigenvalue weighted by molar-refractivity contribution is -0.384. The standard InChI is InChI=1S/C12H11ClN2O5/c13-9-5-7(1-2-10(9)15(19)20)11(16)14-4-3-8(6-14)12(17)18/h1-2,5,8H,3-4,6H2,(H,17,18). The highest BCUT2D eigenvalue weighted by molar-refractivity contribution is 6.33. The molecule has 1 aromatic carbocycles. The highest BCUT2D eigenvalue weighted by Crippen LogP contribution is 2.26. The van der Waals surface area contributed by atoms with E-state index in [2.05, 4.69) is 0 Å². The summed E-state index contributed by atoms with van der Waals surface area (Å²) in [6, 6.07) is 3.72. The normalized spacial score (nSPS) is 18.1. The Morgan fingerprint density at radius 3 is 2.65 bits per heavy atom. The van der Waals surface area contributed by atoms with Crippen molar-refractivity contribution in [1.82, 2.24) is 4.90 Å². The molecule has 0 spiro atoms. The number of hydrogen-bond donors (Lipinski definition) is 1. The van der Waals surface area contributed by atoms with Crippen molar-refractivity contribution < 1.29 is 19.6 Å². The van der Waals surface area contributed by atoms with Crippen molar-refractivity contribution in [2.45, 2.75) is 6.42 Å². The van der Waals surface area contributed by atoms with Crippen molar-refractivity contribution in [1.29, 1.82) is 0 Å². The van der Waals surface area contributed by atoms with Gasteiger partial charge in [0.15, 0.2) is 0 Å². The van der Waals surface area contributed by atoms with Crippen LogP contribution in [0.2, 0.25) is 5.02 Å². The van der Waals surface area contributed by atoms with Crippen molar-refractivity contribution in [3.63, 3.8) is 0 Å². The fraction of sp³-hybridized carbons (Fsp3) is 0.333. The summed E-state index contributed by atoms with van der Waals surface area (Å²) in [6.07, 6.45) is 0.405. The number of nitro groups is 1. The number of aliphatic carboxylic acids is 1. The van der Waals surface area contributed by atoms with Gasteiger partial charge in [-0.2, -0.15) is 0 Å². The molecule has 106 valence electrons. The third kappa shape index (κ3) is 2.72. The first kappa shape index (κ1) is 14.3. The second-order valence-corrected chi connectivity index (χ2v) is 4.91. The van der Waals surface area contributed by atoms with Crippen LogP contribution in [0.25, 0.3) is 0 Å². The minimum atomic E-state index is -0.929. The molecule has 1 heterocycles. The van der Waals surface area contributed by atoms with E-state index in [-0.39, 0.29) is 28.7 Å².